The van der Waals surface area contributed by atoms with Crippen molar-refractivity contribution in [1.29, 1.82) is 0 Å². The Bertz CT molecular complexity index is 1720. The molecule has 5 aromatic heterocycles. The van der Waals surface area contributed by atoms with E-state index in [0.29, 0.717) is 16.8 Å². The zero-order chi connectivity index (χ0) is 24.8. The summed E-state index contributed by atoms with van der Waals surface area (Å²) in [6.45, 7) is 0.786. The van der Waals surface area contributed by atoms with E-state index < -0.39 is 5.82 Å². The van der Waals surface area contributed by atoms with Crippen molar-refractivity contribution in [2.75, 3.05) is 14.1 Å². The van der Waals surface area contributed by atoms with Gasteiger partial charge in [0.05, 0.1) is 28.6 Å². The number of benzene rings is 1. The van der Waals surface area contributed by atoms with Gasteiger partial charge in [-0.2, -0.15) is 5.10 Å². The smallest absolute Gasteiger partial charge is 0.135 e. The molecule has 178 valence electrons. The molecule has 8 nitrogen and oxygen atoms in total. The van der Waals surface area contributed by atoms with Crippen molar-refractivity contribution in [3.63, 3.8) is 0 Å². The van der Waals surface area contributed by atoms with Gasteiger partial charge in [0.25, 0.3) is 0 Å². The number of nitrogens with one attached hydrogen (secondary N) is 2. The largest absolute Gasteiger partial charge is 0.508 e. The number of hydrogen-bond donors (Lipinski definition) is 3. The third-order valence-electron chi connectivity index (χ3n) is 5.99. The first-order valence-corrected chi connectivity index (χ1v) is 11.4. The van der Waals surface area contributed by atoms with Gasteiger partial charge in [0.2, 0.25) is 0 Å². The van der Waals surface area contributed by atoms with E-state index in [1.165, 1.54) is 12.1 Å². The van der Waals surface area contributed by atoms with Crippen molar-refractivity contribution < 1.29 is 9.50 Å². The van der Waals surface area contributed by atoms with Crippen molar-refractivity contribution in [2.45, 2.75) is 6.54 Å². The van der Waals surface area contributed by atoms with Gasteiger partial charge in [-0.3, -0.25) is 15.1 Å². The molecule has 6 rings (SSSR count). The highest BCUT2D eigenvalue weighted by Gasteiger charge is 2.16. The van der Waals surface area contributed by atoms with Crippen molar-refractivity contribution in [3.05, 3.63) is 78.6 Å². The number of pyridine rings is 3. The number of rotatable bonds is 5. The molecule has 5 heterocycles. The fraction of sp³-hybridized carbons (Fsp3) is 0.111. The second-order valence-electron chi connectivity index (χ2n) is 9.01. The highest BCUT2D eigenvalue weighted by atomic mass is 19.1. The van der Waals surface area contributed by atoms with Crippen LogP contribution in [0.3, 0.4) is 0 Å². The molecular formula is C27H22FN7O. The van der Waals surface area contributed by atoms with E-state index in [0.717, 1.165) is 57.1 Å². The monoisotopic (exact) mass is 479 g/mol. The molecule has 3 N–H and O–H groups in total. The second-order valence-corrected chi connectivity index (χ2v) is 9.01. The van der Waals surface area contributed by atoms with Gasteiger partial charge in [-0.05, 0) is 61.6 Å². The average Bonchev–Trinajstić information content (AvgIpc) is 3.46. The first-order chi connectivity index (χ1) is 17.4. The molecule has 0 aliphatic carbocycles. The summed E-state index contributed by atoms with van der Waals surface area (Å²) < 4.78 is 14.0. The van der Waals surface area contributed by atoms with Gasteiger partial charge in [0, 0.05) is 47.7 Å². The summed E-state index contributed by atoms with van der Waals surface area (Å²) in [5, 5.41) is 18.3. The maximum Gasteiger partial charge on any atom is 0.135 e. The Balaban J connectivity index is 1.45. The minimum Gasteiger partial charge on any atom is -0.508 e. The third kappa shape index (κ3) is 3.95. The molecule has 36 heavy (non-hydrogen) atoms. The highest BCUT2D eigenvalue weighted by molar-refractivity contribution is 6.00. The summed E-state index contributed by atoms with van der Waals surface area (Å²) in [6.07, 6.45) is 7.03. The van der Waals surface area contributed by atoms with Gasteiger partial charge < -0.3 is 15.0 Å². The molecule has 0 aliphatic rings. The number of aromatic amines is 2. The molecule has 0 spiro atoms. The zero-order valence-electron chi connectivity index (χ0n) is 19.6. The molecule has 0 aliphatic heterocycles. The van der Waals surface area contributed by atoms with Crippen LogP contribution in [0.2, 0.25) is 0 Å². The van der Waals surface area contributed by atoms with E-state index in [4.69, 9.17) is 4.98 Å². The fourth-order valence-electron chi connectivity index (χ4n) is 4.47. The number of phenolic OH excluding ortho intramolecular Hbond substituents is 1. The quantitative estimate of drug-likeness (QED) is 0.316. The first-order valence-electron chi connectivity index (χ1n) is 11.4. The number of halogens is 1. The predicted octanol–water partition coefficient (Wildman–Crippen LogP) is 5.14. The van der Waals surface area contributed by atoms with Crippen LogP contribution in [0.4, 0.5) is 4.39 Å². The van der Waals surface area contributed by atoms with Crippen LogP contribution in [0.15, 0.2) is 67.3 Å². The number of nitrogens with zero attached hydrogens (tertiary/aromatic N) is 5. The van der Waals surface area contributed by atoms with Crippen LogP contribution in [-0.4, -0.2) is 54.2 Å². The number of fused-ring (bicyclic) bond motifs is 2. The van der Waals surface area contributed by atoms with Gasteiger partial charge in [-0.25, -0.2) is 9.37 Å². The van der Waals surface area contributed by atoms with Crippen LogP contribution in [0, 0.1) is 5.82 Å². The summed E-state index contributed by atoms with van der Waals surface area (Å²) in [5.74, 6) is -0.658. The molecule has 0 unspecified atom stereocenters. The number of H-pyrrole nitrogens is 2. The lowest BCUT2D eigenvalue weighted by Gasteiger charge is -2.10. The van der Waals surface area contributed by atoms with Crippen molar-refractivity contribution in [1.82, 2.24) is 35.0 Å². The van der Waals surface area contributed by atoms with Crippen LogP contribution in [0.1, 0.15) is 5.56 Å². The van der Waals surface area contributed by atoms with Crippen LogP contribution >= 0.6 is 0 Å². The van der Waals surface area contributed by atoms with Gasteiger partial charge >= 0.3 is 0 Å². The second kappa shape index (κ2) is 8.54. The lowest BCUT2D eigenvalue weighted by Crippen LogP contribution is -2.10. The van der Waals surface area contributed by atoms with E-state index in [1.807, 2.05) is 44.7 Å². The average molecular weight is 480 g/mol. The molecule has 0 fully saturated rings. The molecule has 9 heteroatoms. The summed E-state index contributed by atoms with van der Waals surface area (Å²) in [6, 6.07) is 11.9. The number of phenols is 1. The summed E-state index contributed by atoms with van der Waals surface area (Å²) in [5.41, 5.74) is 7.75. The standard InChI is InChI=1S/C27H22FN7O/c1-35(2)14-15-5-17(11-29-10-15)22-3-4-23-26(32-22)27(34-33-23)24-9-20-21(12-30-13-25(20)31-24)16-6-18(28)8-19(36)7-16/h3-13,31,36H,14H2,1-2H3,(H,33,34). The molecular weight excluding hydrogens is 457 g/mol. The highest BCUT2D eigenvalue weighted by Crippen LogP contribution is 2.35. The van der Waals surface area contributed by atoms with E-state index in [2.05, 4.69) is 36.1 Å². The Kier molecular flexibility index (Phi) is 5.19. The number of hydrogen-bond acceptors (Lipinski definition) is 6. The first kappa shape index (κ1) is 21.9. The molecule has 1 aromatic carbocycles. The molecule has 0 atom stereocenters. The molecule has 0 saturated heterocycles. The predicted molar refractivity (Wildman–Crippen MR) is 137 cm³/mol. The van der Waals surface area contributed by atoms with Crippen LogP contribution in [0.5, 0.6) is 5.75 Å². The maximum absolute atomic E-state index is 14.0. The molecule has 6 aromatic rings. The van der Waals surface area contributed by atoms with Crippen molar-refractivity contribution in [3.8, 4) is 39.5 Å². The Hall–Kier alpha value is -4.63. The minimum absolute atomic E-state index is 0.142. The van der Waals surface area contributed by atoms with Crippen LogP contribution in [0.25, 0.3) is 55.7 Å². The summed E-state index contributed by atoms with van der Waals surface area (Å²) >= 11 is 0. The topological polar surface area (TPSA) is 107 Å². The van der Waals surface area contributed by atoms with E-state index in [1.54, 1.807) is 12.4 Å². The number of aromatic hydroxyl groups is 1. The molecule has 0 radical (unpaired) electrons. The van der Waals surface area contributed by atoms with Gasteiger partial charge in [-0.1, -0.05) is 0 Å². The van der Waals surface area contributed by atoms with E-state index in [9.17, 15) is 9.50 Å². The van der Waals surface area contributed by atoms with Gasteiger partial charge in [0.15, 0.2) is 0 Å². The van der Waals surface area contributed by atoms with E-state index >= 15 is 0 Å². The molecule has 0 saturated carbocycles. The summed E-state index contributed by atoms with van der Waals surface area (Å²) in [7, 11) is 4.04. The zero-order valence-corrected chi connectivity index (χ0v) is 19.6. The Labute approximate surface area is 205 Å². The SMILES string of the molecule is CN(C)Cc1cncc(-c2ccc3[nH]nc(-c4cc5c(-c6cc(O)cc(F)c6)cncc5[nH]4)c3n2)c1. The normalized spacial score (nSPS) is 11.7. The third-order valence-corrected chi connectivity index (χ3v) is 5.99. The lowest BCUT2D eigenvalue weighted by atomic mass is 10.0. The van der Waals surface area contributed by atoms with Crippen LogP contribution < -0.4 is 0 Å². The fourth-order valence-corrected chi connectivity index (χ4v) is 4.47. The Morgan fingerprint density at radius 3 is 2.61 bits per heavy atom. The van der Waals surface area contributed by atoms with Crippen molar-refractivity contribution >= 4 is 21.9 Å². The summed E-state index contributed by atoms with van der Waals surface area (Å²) in [4.78, 5) is 19.1. The molecule has 0 bridgehead atoms. The lowest BCUT2D eigenvalue weighted by molar-refractivity contribution is 0.402. The minimum atomic E-state index is -0.517. The maximum atomic E-state index is 14.0. The van der Waals surface area contributed by atoms with Gasteiger partial charge in [-0.15, -0.1) is 0 Å². The Morgan fingerprint density at radius 1 is 0.917 bits per heavy atom. The van der Waals surface area contributed by atoms with Crippen LogP contribution in [-0.2, 0) is 6.54 Å². The number of aromatic nitrogens is 6. The van der Waals surface area contributed by atoms with E-state index in [-0.39, 0.29) is 5.75 Å². The Morgan fingerprint density at radius 2 is 1.78 bits per heavy atom. The molecule has 0 amide bonds. The van der Waals surface area contributed by atoms with Crippen molar-refractivity contribution in [2.24, 2.45) is 0 Å². The van der Waals surface area contributed by atoms with Gasteiger partial charge in [0.1, 0.15) is 22.8 Å².